The summed E-state index contributed by atoms with van der Waals surface area (Å²) < 4.78 is 67.3. The summed E-state index contributed by atoms with van der Waals surface area (Å²) in [5, 5.41) is 0. The zero-order valence-electron chi connectivity index (χ0n) is 15.4. The maximum atomic E-state index is 13.2. The van der Waals surface area contributed by atoms with E-state index in [2.05, 4.69) is 4.72 Å². The van der Waals surface area contributed by atoms with Crippen LogP contribution >= 0.6 is 0 Å². The van der Waals surface area contributed by atoms with Crippen LogP contribution in [-0.2, 0) is 16.2 Å². The molecule has 1 fully saturated rings. The lowest BCUT2D eigenvalue weighted by atomic mass is 10.1. The Morgan fingerprint density at radius 1 is 1.00 bits per heavy atom. The number of anilines is 2. The summed E-state index contributed by atoms with van der Waals surface area (Å²) in [5.74, 6) is -0.716. The third-order valence-corrected chi connectivity index (χ3v) is 6.10. The molecular formula is C19H20F3N3O3S. The van der Waals surface area contributed by atoms with Gasteiger partial charge in [-0.2, -0.15) is 13.2 Å². The van der Waals surface area contributed by atoms with Crippen LogP contribution in [0, 0.1) is 0 Å². The summed E-state index contributed by atoms with van der Waals surface area (Å²) in [5.41, 5.74) is 4.58. The third kappa shape index (κ3) is 4.81. The van der Waals surface area contributed by atoms with Gasteiger partial charge in [-0.3, -0.25) is 9.52 Å². The molecule has 2 aromatic carbocycles. The van der Waals surface area contributed by atoms with Crippen LogP contribution in [0.2, 0.25) is 0 Å². The molecule has 2 aromatic rings. The lowest BCUT2D eigenvalue weighted by Crippen LogP contribution is -2.30. The number of sulfonamides is 1. The SMILES string of the molecule is NC(=O)c1ccc(S(=O)(=O)Nc2cc(C(F)(F)F)ccc2N2CCCCC2)cc1. The van der Waals surface area contributed by atoms with Crippen molar-refractivity contribution in [2.75, 3.05) is 22.7 Å². The molecule has 6 nitrogen and oxygen atoms in total. The second-order valence-corrected chi connectivity index (χ2v) is 8.45. The number of halogens is 3. The van der Waals surface area contributed by atoms with Crippen molar-refractivity contribution in [2.45, 2.75) is 30.3 Å². The van der Waals surface area contributed by atoms with E-state index in [9.17, 15) is 26.4 Å². The number of amides is 1. The molecule has 0 saturated carbocycles. The zero-order valence-corrected chi connectivity index (χ0v) is 16.2. The normalized spacial score (nSPS) is 15.2. The topological polar surface area (TPSA) is 92.5 Å². The number of carbonyl (C=O) groups excluding carboxylic acids is 1. The van der Waals surface area contributed by atoms with Crippen LogP contribution in [0.4, 0.5) is 24.5 Å². The van der Waals surface area contributed by atoms with Gasteiger partial charge >= 0.3 is 6.18 Å². The van der Waals surface area contributed by atoms with E-state index in [0.717, 1.165) is 31.4 Å². The summed E-state index contributed by atoms with van der Waals surface area (Å²) in [4.78, 5) is 12.8. The van der Waals surface area contributed by atoms with Gasteiger partial charge < -0.3 is 10.6 Å². The van der Waals surface area contributed by atoms with Crippen LogP contribution in [0.1, 0.15) is 35.2 Å². The monoisotopic (exact) mass is 427 g/mol. The summed E-state index contributed by atoms with van der Waals surface area (Å²) >= 11 is 0. The molecule has 0 aliphatic carbocycles. The highest BCUT2D eigenvalue weighted by molar-refractivity contribution is 7.92. The van der Waals surface area contributed by atoms with E-state index in [1.165, 1.54) is 30.3 Å². The number of alkyl halides is 3. The van der Waals surface area contributed by atoms with Crippen molar-refractivity contribution in [3.63, 3.8) is 0 Å². The van der Waals surface area contributed by atoms with Crippen molar-refractivity contribution in [3.05, 3.63) is 53.6 Å². The number of benzene rings is 2. The number of carbonyl (C=O) groups is 1. The fourth-order valence-corrected chi connectivity index (χ4v) is 4.27. The van der Waals surface area contributed by atoms with E-state index < -0.39 is 27.7 Å². The molecule has 1 saturated heterocycles. The number of nitrogens with zero attached hydrogens (tertiary/aromatic N) is 1. The Balaban J connectivity index is 1.99. The van der Waals surface area contributed by atoms with Gasteiger partial charge in [0.2, 0.25) is 5.91 Å². The molecule has 0 aromatic heterocycles. The lowest BCUT2D eigenvalue weighted by molar-refractivity contribution is -0.137. The number of hydrogen-bond acceptors (Lipinski definition) is 4. The lowest BCUT2D eigenvalue weighted by Gasteiger charge is -2.31. The van der Waals surface area contributed by atoms with Crippen LogP contribution in [0.3, 0.4) is 0 Å². The summed E-state index contributed by atoms with van der Waals surface area (Å²) in [7, 11) is -4.18. The average Bonchev–Trinajstić information content (AvgIpc) is 2.67. The van der Waals surface area contributed by atoms with Gasteiger partial charge in [-0.25, -0.2) is 8.42 Å². The largest absolute Gasteiger partial charge is 0.416 e. The predicted octanol–water partition coefficient (Wildman–Crippen LogP) is 3.60. The Morgan fingerprint density at radius 2 is 1.62 bits per heavy atom. The average molecular weight is 427 g/mol. The van der Waals surface area contributed by atoms with Gasteiger partial charge in [0.25, 0.3) is 10.0 Å². The molecule has 0 radical (unpaired) electrons. The van der Waals surface area contributed by atoms with Gasteiger partial charge in [0.15, 0.2) is 0 Å². The molecule has 1 heterocycles. The molecule has 3 N–H and O–H groups in total. The summed E-state index contributed by atoms with van der Waals surface area (Å²) in [6.07, 6.45) is -1.84. The van der Waals surface area contributed by atoms with Crippen molar-refractivity contribution < 1.29 is 26.4 Å². The number of primary amides is 1. The first-order valence-electron chi connectivity index (χ1n) is 8.97. The molecule has 0 atom stereocenters. The molecule has 1 aliphatic heterocycles. The Morgan fingerprint density at radius 3 is 2.17 bits per heavy atom. The Kier molecular flexibility index (Phi) is 5.74. The van der Waals surface area contributed by atoms with E-state index in [0.29, 0.717) is 18.8 Å². The third-order valence-electron chi connectivity index (χ3n) is 4.71. The standard InChI is InChI=1S/C19H20F3N3O3S/c20-19(21,22)14-6-9-17(25-10-2-1-3-11-25)16(12-14)24-29(27,28)15-7-4-13(5-8-15)18(23)26/h4-9,12,24H,1-3,10-11H2,(H2,23,26). The fourth-order valence-electron chi connectivity index (χ4n) is 3.21. The Hall–Kier alpha value is -2.75. The maximum Gasteiger partial charge on any atom is 0.416 e. The molecule has 156 valence electrons. The molecule has 1 amide bonds. The Labute approximate surface area is 166 Å². The minimum Gasteiger partial charge on any atom is -0.370 e. The second-order valence-electron chi connectivity index (χ2n) is 6.77. The number of hydrogen-bond donors (Lipinski definition) is 2. The first kappa shape index (κ1) is 21.0. The smallest absolute Gasteiger partial charge is 0.370 e. The molecule has 0 unspecified atom stereocenters. The first-order valence-corrected chi connectivity index (χ1v) is 10.4. The van der Waals surface area contributed by atoms with Crippen molar-refractivity contribution in [2.24, 2.45) is 5.73 Å². The quantitative estimate of drug-likeness (QED) is 0.763. The van der Waals surface area contributed by atoms with E-state index in [4.69, 9.17) is 5.73 Å². The van der Waals surface area contributed by atoms with Gasteiger partial charge in [-0.05, 0) is 61.7 Å². The minimum absolute atomic E-state index is 0.122. The Bertz CT molecular complexity index is 1000. The summed E-state index contributed by atoms with van der Waals surface area (Å²) in [6.45, 7) is 1.26. The zero-order chi connectivity index (χ0) is 21.2. The number of piperidine rings is 1. The molecule has 29 heavy (non-hydrogen) atoms. The second kappa shape index (κ2) is 7.94. The van der Waals surface area contributed by atoms with E-state index in [-0.39, 0.29) is 16.1 Å². The van der Waals surface area contributed by atoms with Crippen LogP contribution in [-0.4, -0.2) is 27.4 Å². The molecular weight excluding hydrogens is 407 g/mol. The molecule has 10 heteroatoms. The van der Waals surface area contributed by atoms with Gasteiger partial charge in [0.1, 0.15) is 0 Å². The number of nitrogens with one attached hydrogen (secondary N) is 1. The highest BCUT2D eigenvalue weighted by Crippen LogP contribution is 2.37. The highest BCUT2D eigenvalue weighted by atomic mass is 32.2. The van der Waals surface area contributed by atoms with Crippen LogP contribution in [0.5, 0.6) is 0 Å². The number of rotatable bonds is 5. The first-order chi connectivity index (χ1) is 13.6. The molecule has 1 aliphatic rings. The van der Waals surface area contributed by atoms with Gasteiger partial charge in [-0.15, -0.1) is 0 Å². The predicted molar refractivity (Wildman–Crippen MR) is 103 cm³/mol. The fraction of sp³-hybridized carbons (Fsp3) is 0.316. The van der Waals surface area contributed by atoms with Gasteiger partial charge in [0.05, 0.1) is 21.8 Å². The van der Waals surface area contributed by atoms with Gasteiger partial charge in [-0.1, -0.05) is 0 Å². The molecule has 0 bridgehead atoms. The molecule has 3 rings (SSSR count). The minimum atomic E-state index is -4.61. The van der Waals surface area contributed by atoms with Crippen molar-refractivity contribution in [1.29, 1.82) is 0 Å². The van der Waals surface area contributed by atoms with Crippen molar-refractivity contribution in [3.8, 4) is 0 Å². The van der Waals surface area contributed by atoms with Crippen LogP contribution in [0.25, 0.3) is 0 Å². The van der Waals surface area contributed by atoms with Crippen molar-refractivity contribution in [1.82, 2.24) is 0 Å². The van der Waals surface area contributed by atoms with E-state index in [1.54, 1.807) is 0 Å². The number of nitrogens with two attached hydrogens (primary N) is 1. The highest BCUT2D eigenvalue weighted by Gasteiger charge is 2.32. The van der Waals surface area contributed by atoms with Gasteiger partial charge in [0, 0.05) is 18.7 Å². The van der Waals surface area contributed by atoms with E-state index >= 15 is 0 Å². The van der Waals surface area contributed by atoms with Crippen LogP contribution in [0.15, 0.2) is 47.4 Å². The maximum absolute atomic E-state index is 13.2. The van der Waals surface area contributed by atoms with Crippen LogP contribution < -0.4 is 15.4 Å². The van der Waals surface area contributed by atoms with E-state index in [1.807, 2.05) is 4.90 Å². The molecule has 0 spiro atoms. The van der Waals surface area contributed by atoms with Crippen molar-refractivity contribution >= 4 is 27.3 Å². The summed E-state index contributed by atoms with van der Waals surface area (Å²) in [6, 6.07) is 7.89.